The second kappa shape index (κ2) is 12.9. The van der Waals surface area contributed by atoms with Crippen LogP contribution in [0.2, 0.25) is 0 Å². The zero-order valence-electron chi connectivity index (χ0n) is 29.8. The Morgan fingerprint density at radius 2 is 0.982 bits per heavy atom. The summed E-state index contributed by atoms with van der Waals surface area (Å²) < 4.78 is 9.45. The molecule has 2 aromatic heterocycles. The van der Waals surface area contributed by atoms with Crippen molar-refractivity contribution in [3.63, 3.8) is 0 Å². The second-order valence-electron chi connectivity index (χ2n) is 14.1. The molecule has 3 heteroatoms. The summed E-state index contributed by atoms with van der Waals surface area (Å²) in [5, 5.41) is 7.14. The van der Waals surface area contributed by atoms with Gasteiger partial charge in [-0.25, -0.2) is 0 Å². The molecule has 0 aliphatic rings. The van der Waals surface area contributed by atoms with Gasteiger partial charge in [0.15, 0.2) is 0 Å². The highest BCUT2D eigenvalue weighted by Gasteiger charge is 2.22. The molecule has 9 aromatic carbocycles. The van der Waals surface area contributed by atoms with Gasteiger partial charge in [-0.3, -0.25) is 0 Å². The molecule has 0 spiro atoms. The van der Waals surface area contributed by atoms with E-state index < -0.39 is 0 Å². The normalized spacial score (nSPS) is 11.6. The highest BCUT2D eigenvalue weighted by atomic mass is 32.1. The van der Waals surface area contributed by atoms with Gasteiger partial charge in [0, 0.05) is 59.3 Å². The van der Waals surface area contributed by atoms with Crippen LogP contribution in [-0.4, -0.2) is 0 Å². The number of benzene rings is 9. The minimum absolute atomic E-state index is 0.861. The number of hydrogen-bond acceptors (Lipinski definition) is 3. The van der Waals surface area contributed by atoms with Gasteiger partial charge in [-0.15, -0.1) is 11.3 Å². The highest BCUT2D eigenvalue weighted by Crippen LogP contribution is 2.47. The molecule has 0 N–H and O–H groups in total. The summed E-state index contributed by atoms with van der Waals surface area (Å²) in [4.78, 5) is 2.38. The Morgan fingerprint density at radius 3 is 1.75 bits per heavy atom. The van der Waals surface area contributed by atoms with Gasteiger partial charge in [0.1, 0.15) is 11.2 Å². The van der Waals surface area contributed by atoms with Gasteiger partial charge in [-0.1, -0.05) is 152 Å². The van der Waals surface area contributed by atoms with Crippen molar-refractivity contribution < 1.29 is 4.42 Å². The fraction of sp³-hybridized carbons (Fsp3) is 0. The van der Waals surface area contributed by atoms with Gasteiger partial charge in [0.2, 0.25) is 0 Å². The molecule has 11 aromatic rings. The van der Waals surface area contributed by atoms with Crippen LogP contribution in [0.5, 0.6) is 0 Å². The highest BCUT2D eigenvalue weighted by molar-refractivity contribution is 7.26. The van der Waals surface area contributed by atoms with Crippen LogP contribution in [0.25, 0.3) is 86.3 Å². The molecule has 55 heavy (non-hydrogen) atoms. The van der Waals surface area contributed by atoms with E-state index in [1.54, 1.807) is 0 Å². The van der Waals surface area contributed by atoms with Crippen LogP contribution in [0, 0.1) is 0 Å². The largest absolute Gasteiger partial charge is 0.455 e. The quantitative estimate of drug-likeness (QED) is 0.170. The van der Waals surface area contributed by atoms with Crippen LogP contribution in [0.15, 0.2) is 205 Å². The van der Waals surface area contributed by atoms with Crippen molar-refractivity contribution in [2.45, 2.75) is 0 Å². The SMILES string of the molecule is c1ccc(-c2ccc(N(c3ccc(-c4cccc5c4sc4ccccc45)cc3)c3cc4oc5c6ccccc6ccc5c4cc3-c3ccccc3)cc2)cc1. The number of fused-ring (bicyclic) bond motifs is 8. The molecule has 2 heterocycles. The molecule has 2 nitrogen and oxygen atoms in total. The molecule has 0 radical (unpaired) electrons. The predicted molar refractivity (Wildman–Crippen MR) is 235 cm³/mol. The Bertz CT molecular complexity index is 3180. The van der Waals surface area contributed by atoms with Crippen molar-refractivity contribution in [3.05, 3.63) is 200 Å². The third kappa shape index (κ3) is 5.32. The lowest BCUT2D eigenvalue weighted by molar-refractivity contribution is 0.673. The minimum Gasteiger partial charge on any atom is -0.455 e. The Hall–Kier alpha value is -6.94. The Balaban J connectivity index is 1.12. The van der Waals surface area contributed by atoms with Crippen LogP contribution in [0.1, 0.15) is 0 Å². The number of nitrogens with zero attached hydrogens (tertiary/aromatic N) is 1. The lowest BCUT2D eigenvalue weighted by atomic mass is 9.97. The van der Waals surface area contributed by atoms with Crippen LogP contribution < -0.4 is 4.90 Å². The van der Waals surface area contributed by atoms with E-state index in [-0.39, 0.29) is 0 Å². The number of thiophene rings is 1. The lowest BCUT2D eigenvalue weighted by Gasteiger charge is -2.28. The summed E-state index contributed by atoms with van der Waals surface area (Å²) in [6, 6.07) is 72.1. The van der Waals surface area contributed by atoms with E-state index in [0.717, 1.165) is 55.5 Å². The van der Waals surface area contributed by atoms with Crippen molar-refractivity contribution in [2.75, 3.05) is 4.90 Å². The topological polar surface area (TPSA) is 16.4 Å². The molecule has 0 unspecified atom stereocenters. The molecule has 0 fully saturated rings. The molecular weight excluding hydrogens is 687 g/mol. The first kappa shape index (κ1) is 31.6. The van der Waals surface area contributed by atoms with Gasteiger partial charge in [0.25, 0.3) is 0 Å². The molecule has 258 valence electrons. The molecule has 0 aliphatic carbocycles. The second-order valence-corrected chi connectivity index (χ2v) is 15.1. The summed E-state index contributed by atoms with van der Waals surface area (Å²) in [5.41, 5.74) is 12.1. The molecule has 0 amide bonds. The van der Waals surface area contributed by atoms with Crippen LogP contribution >= 0.6 is 11.3 Å². The minimum atomic E-state index is 0.861. The number of rotatable bonds is 6. The zero-order valence-corrected chi connectivity index (χ0v) is 30.6. The number of hydrogen-bond donors (Lipinski definition) is 0. The fourth-order valence-electron chi connectivity index (χ4n) is 8.20. The fourth-order valence-corrected chi connectivity index (χ4v) is 9.44. The van der Waals surface area contributed by atoms with Crippen molar-refractivity contribution >= 4 is 81.3 Å². The molecule has 0 aliphatic heterocycles. The average molecular weight is 720 g/mol. The maximum absolute atomic E-state index is 6.81. The maximum Gasteiger partial charge on any atom is 0.143 e. The van der Waals surface area contributed by atoms with E-state index in [0.29, 0.717) is 0 Å². The first-order valence-electron chi connectivity index (χ1n) is 18.7. The summed E-state index contributed by atoms with van der Waals surface area (Å²) >= 11 is 1.87. The molecule has 11 rings (SSSR count). The summed E-state index contributed by atoms with van der Waals surface area (Å²) in [6.07, 6.45) is 0. The van der Waals surface area contributed by atoms with E-state index >= 15 is 0 Å². The Kier molecular flexibility index (Phi) is 7.39. The maximum atomic E-state index is 6.81. The van der Waals surface area contributed by atoms with E-state index in [1.807, 2.05) is 11.3 Å². The van der Waals surface area contributed by atoms with Crippen LogP contribution in [0.4, 0.5) is 17.1 Å². The summed E-state index contributed by atoms with van der Waals surface area (Å²) in [5.74, 6) is 0. The summed E-state index contributed by atoms with van der Waals surface area (Å²) in [7, 11) is 0. The van der Waals surface area contributed by atoms with Crippen molar-refractivity contribution in [2.24, 2.45) is 0 Å². The first-order valence-corrected chi connectivity index (χ1v) is 19.5. The van der Waals surface area contributed by atoms with Gasteiger partial charge in [-0.05, 0) is 75.7 Å². The molecule has 0 saturated carbocycles. The van der Waals surface area contributed by atoms with E-state index in [1.165, 1.54) is 47.8 Å². The van der Waals surface area contributed by atoms with E-state index in [9.17, 15) is 0 Å². The van der Waals surface area contributed by atoms with Gasteiger partial charge < -0.3 is 9.32 Å². The average Bonchev–Trinajstić information content (AvgIpc) is 3.83. The molecule has 0 bridgehead atoms. The van der Waals surface area contributed by atoms with Gasteiger partial charge in [0.05, 0.1) is 5.69 Å². The Labute approximate surface area is 322 Å². The monoisotopic (exact) mass is 719 g/mol. The zero-order chi connectivity index (χ0) is 36.3. The third-order valence-corrected chi connectivity index (χ3v) is 12.1. The van der Waals surface area contributed by atoms with Crippen molar-refractivity contribution in [1.82, 2.24) is 0 Å². The summed E-state index contributed by atoms with van der Waals surface area (Å²) in [6.45, 7) is 0. The van der Waals surface area contributed by atoms with Gasteiger partial charge >= 0.3 is 0 Å². The van der Waals surface area contributed by atoms with Crippen molar-refractivity contribution in [1.29, 1.82) is 0 Å². The lowest BCUT2D eigenvalue weighted by Crippen LogP contribution is -2.11. The number of furan rings is 1. The number of anilines is 3. The van der Waals surface area contributed by atoms with Crippen LogP contribution in [0.3, 0.4) is 0 Å². The standard InChI is InChI=1S/C52H33NOS/c1-3-12-34(13-4-1)35-22-27-39(28-23-35)53(40-29-24-38(25-30-40)42-19-11-20-45-43-18-9-10-21-50(43)55-52(42)45)48-33-49-47(32-46(48)36-14-5-2-6-15-36)44-31-26-37-16-7-8-17-41(37)51(44)54-49/h1-33H. The Morgan fingerprint density at radius 1 is 0.382 bits per heavy atom. The molecule has 0 atom stereocenters. The van der Waals surface area contributed by atoms with Crippen molar-refractivity contribution in [3.8, 4) is 33.4 Å². The van der Waals surface area contributed by atoms with E-state index in [4.69, 9.17) is 4.42 Å². The first-order chi connectivity index (χ1) is 27.3. The third-order valence-electron chi connectivity index (χ3n) is 10.9. The predicted octanol–water partition coefficient (Wildman–Crippen LogP) is 15.6. The van der Waals surface area contributed by atoms with Gasteiger partial charge in [-0.2, -0.15) is 0 Å². The molecular formula is C52H33NOS. The molecule has 0 saturated heterocycles. The smallest absolute Gasteiger partial charge is 0.143 e. The van der Waals surface area contributed by atoms with Crippen LogP contribution in [-0.2, 0) is 0 Å². The van der Waals surface area contributed by atoms with E-state index in [2.05, 4.69) is 205 Å².